The normalized spacial score (nSPS) is 15.9. The Morgan fingerprint density at radius 3 is 2.71 bits per heavy atom. The molecule has 1 heterocycles. The Hall–Kier alpha value is -1.50. The molecule has 3 N–H and O–H groups in total. The van der Waals surface area contributed by atoms with Crippen molar-refractivity contribution in [3.05, 3.63) is 17.7 Å². The smallest absolute Gasteiger partial charge is 0.184 e. The predicted octanol–water partition coefficient (Wildman–Crippen LogP) is 1.86. The monoisotopic (exact) mass is 297 g/mol. The molecular formula is C15H23NO5. The summed E-state index contributed by atoms with van der Waals surface area (Å²) in [7, 11) is 0. The van der Waals surface area contributed by atoms with Gasteiger partial charge in [-0.05, 0) is 25.5 Å². The molecule has 21 heavy (non-hydrogen) atoms. The lowest BCUT2D eigenvalue weighted by atomic mass is 10.1. The first-order chi connectivity index (χ1) is 10.3. The lowest BCUT2D eigenvalue weighted by Gasteiger charge is -2.25. The molecule has 1 aliphatic rings. The van der Waals surface area contributed by atoms with Crippen LogP contribution in [0.25, 0.3) is 0 Å². The van der Waals surface area contributed by atoms with Crippen LogP contribution in [0.15, 0.2) is 12.1 Å². The van der Waals surface area contributed by atoms with Gasteiger partial charge in [0.15, 0.2) is 17.8 Å². The van der Waals surface area contributed by atoms with Gasteiger partial charge in [0.25, 0.3) is 0 Å². The Kier molecular flexibility index (Phi) is 6.10. The number of anilines is 1. The number of hydrogen-bond donors (Lipinski definition) is 2. The molecule has 0 aliphatic carbocycles. The average molecular weight is 297 g/mol. The van der Waals surface area contributed by atoms with E-state index in [4.69, 9.17) is 29.8 Å². The number of benzene rings is 1. The van der Waals surface area contributed by atoms with Crippen LogP contribution in [0.5, 0.6) is 11.5 Å². The van der Waals surface area contributed by atoms with E-state index < -0.39 is 6.29 Å². The molecular weight excluding hydrogens is 274 g/mol. The Balaban J connectivity index is 2.20. The third-order valence-corrected chi connectivity index (χ3v) is 3.05. The highest BCUT2D eigenvalue weighted by Gasteiger charge is 2.21. The van der Waals surface area contributed by atoms with Crippen LogP contribution in [0.2, 0.25) is 0 Å². The number of aliphatic hydroxyl groups excluding tert-OH is 1. The minimum Gasteiger partial charge on any atom is -0.490 e. The maximum absolute atomic E-state index is 8.82. The van der Waals surface area contributed by atoms with Gasteiger partial charge in [-0.25, -0.2) is 0 Å². The summed E-state index contributed by atoms with van der Waals surface area (Å²) in [5.41, 5.74) is 7.37. The molecule has 1 saturated heterocycles. The number of nitrogens with two attached hydrogens (primary N) is 1. The Bertz CT molecular complexity index is 446. The molecule has 6 nitrogen and oxygen atoms in total. The van der Waals surface area contributed by atoms with Crippen molar-refractivity contribution < 1.29 is 24.1 Å². The summed E-state index contributed by atoms with van der Waals surface area (Å²) in [6.07, 6.45) is 1.03. The second-order valence-corrected chi connectivity index (χ2v) is 4.72. The van der Waals surface area contributed by atoms with Gasteiger partial charge >= 0.3 is 0 Å². The van der Waals surface area contributed by atoms with Gasteiger partial charge in [0.2, 0.25) is 0 Å². The third-order valence-electron chi connectivity index (χ3n) is 3.05. The van der Waals surface area contributed by atoms with E-state index in [1.54, 1.807) is 6.07 Å². The van der Waals surface area contributed by atoms with Gasteiger partial charge in [0.1, 0.15) is 0 Å². The first kappa shape index (κ1) is 15.9. The van der Waals surface area contributed by atoms with Gasteiger partial charge in [-0.15, -0.1) is 0 Å². The summed E-state index contributed by atoms with van der Waals surface area (Å²) in [4.78, 5) is 0. The zero-order chi connectivity index (χ0) is 15.1. The summed E-state index contributed by atoms with van der Waals surface area (Å²) in [5.74, 6) is 1.08. The summed E-state index contributed by atoms with van der Waals surface area (Å²) >= 11 is 0. The molecule has 0 unspecified atom stereocenters. The van der Waals surface area contributed by atoms with E-state index in [0.717, 1.165) is 12.0 Å². The van der Waals surface area contributed by atoms with Gasteiger partial charge in [0.05, 0.1) is 32.1 Å². The predicted molar refractivity (Wildman–Crippen MR) is 78.5 cm³/mol. The quantitative estimate of drug-likeness (QED) is 0.590. The van der Waals surface area contributed by atoms with E-state index in [2.05, 4.69) is 0 Å². The van der Waals surface area contributed by atoms with E-state index in [9.17, 15) is 0 Å². The molecule has 1 aromatic carbocycles. The van der Waals surface area contributed by atoms with E-state index in [-0.39, 0.29) is 6.61 Å². The summed E-state index contributed by atoms with van der Waals surface area (Å²) in [6, 6.07) is 3.62. The van der Waals surface area contributed by atoms with Crippen molar-refractivity contribution in [2.75, 3.05) is 38.8 Å². The number of rotatable bonds is 7. The third kappa shape index (κ3) is 4.23. The van der Waals surface area contributed by atoms with Crippen molar-refractivity contribution in [1.82, 2.24) is 0 Å². The van der Waals surface area contributed by atoms with E-state index in [1.807, 2.05) is 13.0 Å². The van der Waals surface area contributed by atoms with Crippen LogP contribution in [-0.2, 0) is 9.47 Å². The molecule has 2 rings (SSSR count). The van der Waals surface area contributed by atoms with E-state index >= 15 is 0 Å². The van der Waals surface area contributed by atoms with Crippen LogP contribution in [-0.4, -0.2) is 38.1 Å². The first-order valence-corrected chi connectivity index (χ1v) is 7.29. The summed E-state index contributed by atoms with van der Waals surface area (Å²) < 4.78 is 22.4. The molecule has 1 aromatic rings. The Morgan fingerprint density at radius 1 is 1.29 bits per heavy atom. The molecule has 1 fully saturated rings. The van der Waals surface area contributed by atoms with Crippen LogP contribution < -0.4 is 15.2 Å². The van der Waals surface area contributed by atoms with Crippen LogP contribution in [0.3, 0.4) is 0 Å². The van der Waals surface area contributed by atoms with Crippen LogP contribution >= 0.6 is 0 Å². The molecule has 0 amide bonds. The van der Waals surface area contributed by atoms with E-state index in [1.165, 1.54) is 0 Å². The maximum Gasteiger partial charge on any atom is 0.184 e. The molecule has 118 valence electrons. The zero-order valence-electron chi connectivity index (χ0n) is 12.3. The molecule has 0 bridgehead atoms. The van der Waals surface area contributed by atoms with Gasteiger partial charge in [-0.3, -0.25) is 0 Å². The second-order valence-electron chi connectivity index (χ2n) is 4.72. The number of ether oxygens (including phenoxy) is 4. The lowest BCUT2D eigenvalue weighted by molar-refractivity contribution is -0.183. The van der Waals surface area contributed by atoms with Gasteiger partial charge in [-0.1, -0.05) is 0 Å². The Labute approximate surface area is 124 Å². The zero-order valence-corrected chi connectivity index (χ0v) is 12.3. The molecule has 0 atom stereocenters. The summed E-state index contributed by atoms with van der Waals surface area (Å²) in [6.45, 7) is 4.20. The molecule has 0 radical (unpaired) electrons. The van der Waals surface area contributed by atoms with Gasteiger partial charge in [-0.2, -0.15) is 0 Å². The van der Waals surface area contributed by atoms with Crippen molar-refractivity contribution in [2.24, 2.45) is 0 Å². The van der Waals surface area contributed by atoms with E-state index in [0.29, 0.717) is 50.0 Å². The highest BCUT2D eigenvalue weighted by Crippen LogP contribution is 2.38. The highest BCUT2D eigenvalue weighted by molar-refractivity contribution is 5.62. The van der Waals surface area contributed by atoms with Gasteiger partial charge in [0, 0.05) is 18.6 Å². The van der Waals surface area contributed by atoms with Crippen molar-refractivity contribution >= 4 is 5.69 Å². The van der Waals surface area contributed by atoms with Crippen molar-refractivity contribution in [3.8, 4) is 11.5 Å². The highest BCUT2D eigenvalue weighted by atomic mass is 16.7. The maximum atomic E-state index is 8.82. The van der Waals surface area contributed by atoms with Crippen LogP contribution in [0.1, 0.15) is 31.6 Å². The molecule has 0 aromatic heterocycles. The number of aliphatic hydroxyl groups is 1. The largest absolute Gasteiger partial charge is 0.490 e. The first-order valence-electron chi connectivity index (χ1n) is 7.29. The van der Waals surface area contributed by atoms with Gasteiger partial charge < -0.3 is 29.8 Å². The van der Waals surface area contributed by atoms with Crippen LogP contribution in [0, 0.1) is 0 Å². The fourth-order valence-corrected chi connectivity index (χ4v) is 2.12. The summed E-state index contributed by atoms with van der Waals surface area (Å²) in [5, 5.41) is 8.82. The fraction of sp³-hybridized carbons (Fsp3) is 0.600. The second kappa shape index (κ2) is 8.07. The number of nitrogen functional groups attached to an aromatic ring is 1. The molecule has 1 aliphatic heterocycles. The molecule has 0 saturated carbocycles. The fourth-order valence-electron chi connectivity index (χ4n) is 2.12. The standard InChI is InChI=1S/C15H23NO5/c1-2-18-13-10-11(15-20-7-4-8-21-15)9-12(16)14(13)19-6-3-5-17/h9-10,15,17H,2-8,16H2,1H3. The lowest BCUT2D eigenvalue weighted by Crippen LogP contribution is -2.18. The minimum atomic E-state index is -0.410. The van der Waals surface area contributed by atoms with Crippen molar-refractivity contribution in [1.29, 1.82) is 0 Å². The Morgan fingerprint density at radius 2 is 2.05 bits per heavy atom. The molecule has 0 spiro atoms. The van der Waals surface area contributed by atoms with Crippen LogP contribution in [0.4, 0.5) is 5.69 Å². The number of hydrogen-bond acceptors (Lipinski definition) is 6. The minimum absolute atomic E-state index is 0.0751. The average Bonchev–Trinajstić information content (AvgIpc) is 2.51. The van der Waals surface area contributed by atoms with Crippen molar-refractivity contribution in [3.63, 3.8) is 0 Å². The van der Waals surface area contributed by atoms with Crippen molar-refractivity contribution in [2.45, 2.75) is 26.1 Å². The topological polar surface area (TPSA) is 83.2 Å². The molecule has 6 heteroatoms. The SMILES string of the molecule is CCOc1cc(C2OCCCO2)cc(N)c1OCCCO.